The van der Waals surface area contributed by atoms with E-state index in [9.17, 15) is 14.9 Å². The third kappa shape index (κ3) is 8.93. The number of nitriles is 1. The summed E-state index contributed by atoms with van der Waals surface area (Å²) in [7, 11) is 0. The Balaban J connectivity index is 1.78. The van der Waals surface area contributed by atoms with Crippen LogP contribution in [0.5, 0.6) is 0 Å². The fraction of sp³-hybridized carbons (Fsp3) is 0.697. The lowest BCUT2D eigenvalue weighted by Crippen LogP contribution is -2.48. The summed E-state index contributed by atoms with van der Waals surface area (Å²) in [5, 5.41) is 9.96. The van der Waals surface area contributed by atoms with Crippen LogP contribution in [0.3, 0.4) is 0 Å². The second-order valence-corrected chi connectivity index (χ2v) is 13.3. The summed E-state index contributed by atoms with van der Waals surface area (Å²) in [4.78, 5) is 34.1. The van der Waals surface area contributed by atoms with E-state index in [1.165, 1.54) is 63.1 Å². The number of thiocarbonyl (C=S) groups is 1. The maximum atomic E-state index is 13.6. The molecule has 3 rings (SSSR count). The number of piperazine rings is 1. The van der Waals surface area contributed by atoms with Gasteiger partial charge in [0.15, 0.2) is 0 Å². The third-order valence-corrected chi connectivity index (χ3v) is 9.96. The molecule has 2 aliphatic heterocycles. The summed E-state index contributed by atoms with van der Waals surface area (Å²) < 4.78 is 2.38. The molecule has 0 aliphatic carbocycles. The molecule has 2 saturated heterocycles. The zero-order chi connectivity index (χ0) is 30.5. The number of hydrogen-bond donors (Lipinski definition) is 0. The number of carbonyl (C=O) groups excluding carboxylic acids is 1. The average molecular weight is 614 g/mol. The molecule has 1 amide bonds. The molecule has 0 spiro atoms. The smallest absolute Gasteiger partial charge is 0.270 e. The lowest BCUT2D eigenvalue weighted by atomic mass is 10.0. The number of rotatable bonds is 17. The van der Waals surface area contributed by atoms with Gasteiger partial charge in [0.05, 0.1) is 4.91 Å². The number of unbranched alkanes of at least 4 members (excludes halogenated alkanes) is 10. The van der Waals surface area contributed by atoms with Crippen molar-refractivity contribution in [3.05, 3.63) is 31.9 Å². The van der Waals surface area contributed by atoms with Gasteiger partial charge in [-0.1, -0.05) is 109 Å². The van der Waals surface area contributed by atoms with Gasteiger partial charge < -0.3 is 9.80 Å². The summed E-state index contributed by atoms with van der Waals surface area (Å²) in [5.41, 5.74) is 1.37. The molecule has 0 aromatic carbocycles. The van der Waals surface area contributed by atoms with Crippen molar-refractivity contribution in [2.24, 2.45) is 0 Å². The van der Waals surface area contributed by atoms with Crippen LogP contribution >= 0.6 is 24.0 Å². The maximum Gasteiger partial charge on any atom is 0.270 e. The third-order valence-electron chi connectivity index (χ3n) is 8.59. The Morgan fingerprint density at radius 1 is 0.857 bits per heavy atom. The molecule has 9 heteroatoms. The van der Waals surface area contributed by atoms with Crippen molar-refractivity contribution in [1.29, 1.82) is 5.26 Å². The van der Waals surface area contributed by atoms with Gasteiger partial charge in [0, 0.05) is 44.8 Å². The normalized spacial score (nSPS) is 17.1. The molecular formula is C33H51N5O2S2. The van der Waals surface area contributed by atoms with Crippen LogP contribution in [0.15, 0.2) is 9.70 Å². The number of amides is 1. The van der Waals surface area contributed by atoms with Crippen LogP contribution in [-0.2, 0) is 11.3 Å². The minimum absolute atomic E-state index is 0.0631. The first kappa shape index (κ1) is 34.3. The van der Waals surface area contributed by atoms with E-state index < -0.39 is 0 Å². The number of pyridine rings is 1. The van der Waals surface area contributed by atoms with E-state index in [0.717, 1.165) is 69.8 Å². The van der Waals surface area contributed by atoms with E-state index in [1.807, 2.05) is 13.0 Å². The van der Waals surface area contributed by atoms with Gasteiger partial charge in [-0.15, -0.1) is 0 Å². The SMILES string of the molecule is CCCCCCCCCCCCN1C(=O)/C(=C\c2c(C)c(C#N)c(=O)n(CCCC)c2N2CCN(CC)CC2)SC1=S. The van der Waals surface area contributed by atoms with Crippen LogP contribution in [0.25, 0.3) is 6.08 Å². The molecule has 1 aromatic heterocycles. The first-order valence-corrected chi connectivity index (χ1v) is 17.5. The number of thioether (sulfide) groups is 1. The van der Waals surface area contributed by atoms with Crippen LogP contribution in [0.4, 0.5) is 5.82 Å². The molecule has 2 aliphatic rings. The molecule has 0 radical (unpaired) electrons. The number of anilines is 1. The van der Waals surface area contributed by atoms with E-state index in [1.54, 1.807) is 9.47 Å². The van der Waals surface area contributed by atoms with Gasteiger partial charge in [-0.05, 0) is 37.9 Å². The minimum atomic E-state index is -0.234. The molecule has 0 N–H and O–H groups in total. The van der Waals surface area contributed by atoms with Gasteiger partial charge in [0.25, 0.3) is 11.5 Å². The van der Waals surface area contributed by atoms with Gasteiger partial charge in [0.1, 0.15) is 21.8 Å². The summed E-state index contributed by atoms with van der Waals surface area (Å²) in [6, 6.07) is 2.16. The van der Waals surface area contributed by atoms with Crippen LogP contribution < -0.4 is 10.5 Å². The lowest BCUT2D eigenvalue weighted by Gasteiger charge is -2.37. The highest BCUT2D eigenvalue weighted by molar-refractivity contribution is 8.26. The second-order valence-electron chi connectivity index (χ2n) is 11.6. The largest absolute Gasteiger partial charge is 0.355 e. The molecule has 0 saturated carbocycles. The Morgan fingerprint density at radius 2 is 1.45 bits per heavy atom. The number of hydrogen-bond acceptors (Lipinski definition) is 7. The predicted octanol–water partition coefficient (Wildman–Crippen LogP) is 7.09. The molecule has 2 fully saturated rings. The lowest BCUT2D eigenvalue weighted by molar-refractivity contribution is -0.122. The molecule has 3 heterocycles. The first-order chi connectivity index (χ1) is 20.4. The van der Waals surface area contributed by atoms with Gasteiger partial charge in [0.2, 0.25) is 0 Å². The van der Waals surface area contributed by atoms with Crippen molar-refractivity contribution in [2.45, 2.75) is 111 Å². The van der Waals surface area contributed by atoms with Crippen molar-refractivity contribution < 1.29 is 4.79 Å². The van der Waals surface area contributed by atoms with E-state index in [-0.39, 0.29) is 17.0 Å². The van der Waals surface area contributed by atoms with Crippen molar-refractivity contribution in [1.82, 2.24) is 14.4 Å². The van der Waals surface area contributed by atoms with Gasteiger partial charge in [-0.25, -0.2) is 0 Å². The number of carbonyl (C=O) groups is 1. The van der Waals surface area contributed by atoms with Crippen molar-refractivity contribution in [3.63, 3.8) is 0 Å². The Kier molecular flexibility index (Phi) is 14.6. The van der Waals surface area contributed by atoms with E-state index >= 15 is 0 Å². The van der Waals surface area contributed by atoms with Gasteiger partial charge >= 0.3 is 0 Å². The van der Waals surface area contributed by atoms with E-state index in [4.69, 9.17) is 12.2 Å². The van der Waals surface area contributed by atoms with Crippen LogP contribution in [0.2, 0.25) is 0 Å². The number of aromatic nitrogens is 1. The van der Waals surface area contributed by atoms with Gasteiger partial charge in [-0.2, -0.15) is 5.26 Å². The fourth-order valence-electron chi connectivity index (χ4n) is 5.87. The molecule has 0 atom stereocenters. The monoisotopic (exact) mass is 613 g/mol. The number of likely N-dealkylation sites (N-methyl/N-ethyl adjacent to an activating group) is 1. The van der Waals surface area contributed by atoms with Crippen molar-refractivity contribution in [3.8, 4) is 6.07 Å². The van der Waals surface area contributed by atoms with Crippen LogP contribution in [0.1, 0.15) is 115 Å². The summed E-state index contributed by atoms with van der Waals surface area (Å²) in [6.45, 7) is 14.0. The molecule has 0 bridgehead atoms. The molecule has 7 nitrogen and oxygen atoms in total. The zero-order valence-corrected chi connectivity index (χ0v) is 28.0. The highest BCUT2D eigenvalue weighted by Gasteiger charge is 2.33. The Hall–Kier alpha value is -2.15. The van der Waals surface area contributed by atoms with Crippen LogP contribution in [0, 0.1) is 18.3 Å². The Labute approximate surface area is 263 Å². The van der Waals surface area contributed by atoms with Crippen molar-refractivity contribution >= 4 is 46.1 Å². The predicted molar refractivity (Wildman–Crippen MR) is 181 cm³/mol. The summed E-state index contributed by atoms with van der Waals surface area (Å²) >= 11 is 6.99. The van der Waals surface area contributed by atoms with Crippen LogP contribution in [-0.4, -0.2) is 63.9 Å². The highest BCUT2D eigenvalue weighted by atomic mass is 32.2. The minimum Gasteiger partial charge on any atom is -0.355 e. The van der Waals surface area contributed by atoms with Gasteiger partial charge in [-0.3, -0.25) is 19.1 Å². The zero-order valence-electron chi connectivity index (χ0n) is 26.4. The average Bonchev–Trinajstić information content (AvgIpc) is 3.26. The molecule has 1 aromatic rings. The summed E-state index contributed by atoms with van der Waals surface area (Å²) in [6.07, 6.45) is 16.1. The molecule has 0 unspecified atom stereocenters. The maximum absolute atomic E-state index is 13.6. The number of nitrogens with zero attached hydrogens (tertiary/aromatic N) is 5. The van der Waals surface area contributed by atoms with E-state index in [0.29, 0.717) is 27.9 Å². The summed E-state index contributed by atoms with van der Waals surface area (Å²) in [5.74, 6) is 0.771. The molecule has 232 valence electrons. The van der Waals surface area contributed by atoms with Crippen molar-refractivity contribution in [2.75, 3.05) is 44.2 Å². The van der Waals surface area contributed by atoms with E-state index in [2.05, 4.69) is 36.6 Å². The fourth-order valence-corrected chi connectivity index (χ4v) is 7.16. The Bertz CT molecular complexity index is 1190. The molecular weight excluding hydrogens is 563 g/mol. The second kappa shape index (κ2) is 17.8. The highest BCUT2D eigenvalue weighted by Crippen LogP contribution is 2.36. The standard InChI is InChI=1S/C33H51N5O2S2/c1-5-8-10-11-12-13-14-15-16-17-19-38-32(40)29(42-33(38)41)24-27-26(4)28(25-34)31(39)37(18-9-6-2)30(27)36-22-20-35(7-3)21-23-36/h24H,5-23H2,1-4H3/b29-24+. The molecule has 42 heavy (non-hydrogen) atoms. The first-order valence-electron chi connectivity index (χ1n) is 16.3. The Morgan fingerprint density at radius 3 is 2.02 bits per heavy atom. The quantitative estimate of drug-likeness (QED) is 0.105. The topological polar surface area (TPSA) is 72.6 Å².